The summed E-state index contributed by atoms with van der Waals surface area (Å²) < 4.78 is 8.88. The van der Waals surface area contributed by atoms with Crippen molar-refractivity contribution in [1.29, 1.82) is 0 Å². The SMILES string of the molecule is O=C(O)O.O=P(O)(O)O.[H-].[H-].[Sr+2]. The zero-order valence-corrected chi connectivity index (χ0v) is 9.08. The Kier molecular flexibility index (Phi) is 13.6. The largest absolute Gasteiger partial charge is 2.00 e. The van der Waals surface area contributed by atoms with Gasteiger partial charge in [-0.15, -0.1) is 0 Å². The van der Waals surface area contributed by atoms with Crippen LogP contribution in [-0.4, -0.2) is 76.5 Å². The Bertz CT molecular complexity index is 121. The monoisotopic (exact) mass is 250 g/mol. The van der Waals surface area contributed by atoms with Crippen LogP contribution in [0.5, 0.6) is 0 Å². The molecule has 0 amide bonds. The molecule has 5 N–H and O–H groups in total. The fourth-order valence-corrected chi connectivity index (χ4v) is 0. The Labute approximate surface area is 95.8 Å². The van der Waals surface area contributed by atoms with Crippen LogP contribution in [0, 0.1) is 0 Å². The van der Waals surface area contributed by atoms with Gasteiger partial charge in [-0.1, -0.05) is 0 Å². The number of carbonyl (C=O) groups is 1. The van der Waals surface area contributed by atoms with Gasteiger partial charge in [0.15, 0.2) is 0 Å². The van der Waals surface area contributed by atoms with Gasteiger partial charge in [0.25, 0.3) is 0 Å². The quantitative estimate of drug-likeness (QED) is 0.278. The molecular formula is CH7O7PSr. The van der Waals surface area contributed by atoms with Crippen LogP contribution in [0.3, 0.4) is 0 Å². The number of rotatable bonds is 0. The summed E-state index contributed by atoms with van der Waals surface area (Å²) in [7, 11) is -4.64. The van der Waals surface area contributed by atoms with Crippen molar-refractivity contribution in [3.8, 4) is 0 Å². The van der Waals surface area contributed by atoms with Crippen LogP contribution < -0.4 is 0 Å². The molecule has 0 aliphatic rings. The third-order valence-electron chi connectivity index (χ3n) is 0. The van der Waals surface area contributed by atoms with Gasteiger partial charge in [-0.3, -0.25) is 0 Å². The molecule has 0 aromatic carbocycles. The van der Waals surface area contributed by atoms with Crippen LogP contribution in [0.4, 0.5) is 4.79 Å². The molecule has 0 radical (unpaired) electrons. The topological polar surface area (TPSA) is 135 Å². The number of carboxylic acid groups (broad SMARTS) is 2. The van der Waals surface area contributed by atoms with E-state index >= 15 is 0 Å². The zero-order valence-electron chi connectivity index (χ0n) is 6.71. The second kappa shape index (κ2) is 7.96. The molecule has 0 atom stereocenters. The van der Waals surface area contributed by atoms with E-state index < -0.39 is 14.0 Å². The van der Waals surface area contributed by atoms with E-state index in [4.69, 9.17) is 34.3 Å². The zero-order chi connectivity index (χ0) is 8.08. The van der Waals surface area contributed by atoms with Gasteiger partial charge in [0.2, 0.25) is 0 Å². The van der Waals surface area contributed by atoms with Gasteiger partial charge < -0.3 is 27.7 Å². The van der Waals surface area contributed by atoms with Crippen LogP contribution in [0.15, 0.2) is 0 Å². The normalized spacial score (nSPS) is 8.30. The van der Waals surface area contributed by atoms with Gasteiger partial charge in [-0.25, -0.2) is 9.36 Å². The summed E-state index contributed by atoms with van der Waals surface area (Å²) >= 11 is 0. The summed E-state index contributed by atoms with van der Waals surface area (Å²) in [6, 6.07) is 0. The van der Waals surface area contributed by atoms with Crippen molar-refractivity contribution in [1.82, 2.24) is 0 Å². The van der Waals surface area contributed by atoms with Crippen LogP contribution >= 0.6 is 7.82 Å². The van der Waals surface area contributed by atoms with Crippen LogP contribution in [-0.2, 0) is 4.57 Å². The molecule has 10 heavy (non-hydrogen) atoms. The molecule has 60 valence electrons. The van der Waals surface area contributed by atoms with E-state index in [-0.39, 0.29) is 48.3 Å². The van der Waals surface area contributed by atoms with E-state index in [0.717, 1.165) is 0 Å². The van der Waals surface area contributed by atoms with E-state index in [1.54, 1.807) is 0 Å². The number of phosphoric acid groups is 1. The predicted molar refractivity (Wildman–Crippen MR) is 32.9 cm³/mol. The minimum Gasteiger partial charge on any atom is -1.00 e. The van der Waals surface area contributed by atoms with Crippen molar-refractivity contribution in [2.24, 2.45) is 0 Å². The Balaban J connectivity index is -0.0000000221. The molecule has 0 unspecified atom stereocenters. The maximum Gasteiger partial charge on any atom is 2.00 e. The van der Waals surface area contributed by atoms with Gasteiger partial charge in [0, 0.05) is 0 Å². The third kappa shape index (κ3) is 739. The molecule has 0 heterocycles. The average Bonchev–Trinajstić information content (AvgIpc) is 1.19. The molecule has 0 rings (SSSR count). The van der Waals surface area contributed by atoms with Gasteiger partial charge in [0.05, 0.1) is 0 Å². The summed E-state index contributed by atoms with van der Waals surface area (Å²) in [6.07, 6.45) is -1.83. The molecule has 9 heteroatoms. The van der Waals surface area contributed by atoms with Gasteiger partial charge in [-0.2, -0.15) is 0 Å². The van der Waals surface area contributed by atoms with Crippen molar-refractivity contribution in [3.63, 3.8) is 0 Å². The van der Waals surface area contributed by atoms with Crippen molar-refractivity contribution in [3.05, 3.63) is 0 Å². The summed E-state index contributed by atoms with van der Waals surface area (Å²) in [5, 5.41) is 13.9. The maximum atomic E-state index is 8.88. The molecule has 7 nitrogen and oxygen atoms in total. The standard InChI is InChI=1S/CH2O3.H3O4P.Sr.2H/c2-1(3)4;1-5(2,3)4;;;/h(H2,2,3,4);(H3,1,2,3,4);;;/q;;+2;2*-1. The van der Waals surface area contributed by atoms with Crippen LogP contribution in [0.2, 0.25) is 0 Å². The first kappa shape index (κ1) is 17.1. The predicted octanol–water partition coefficient (Wildman–Crippen LogP) is -0.862. The van der Waals surface area contributed by atoms with E-state index in [0.29, 0.717) is 0 Å². The van der Waals surface area contributed by atoms with Crippen molar-refractivity contribution < 1.29 is 37.1 Å². The molecule has 0 saturated heterocycles. The molecular weight excluding hydrogens is 243 g/mol. The molecule has 0 aliphatic heterocycles. The summed E-state index contributed by atoms with van der Waals surface area (Å²) in [5.41, 5.74) is 0. The molecule has 0 aromatic heterocycles. The summed E-state index contributed by atoms with van der Waals surface area (Å²) in [6.45, 7) is 0. The maximum absolute atomic E-state index is 8.88. The Morgan fingerprint density at radius 1 is 1.20 bits per heavy atom. The Morgan fingerprint density at radius 2 is 1.20 bits per heavy atom. The van der Waals surface area contributed by atoms with Gasteiger partial charge in [-0.05, 0) is 0 Å². The van der Waals surface area contributed by atoms with E-state index in [1.165, 1.54) is 0 Å². The van der Waals surface area contributed by atoms with E-state index in [1.807, 2.05) is 0 Å². The second-order valence-electron chi connectivity index (χ2n) is 0.796. The second-order valence-corrected chi connectivity index (χ2v) is 1.82. The fraction of sp³-hybridized carbons (Fsp3) is 0. The molecule has 0 spiro atoms. The molecule has 0 fully saturated rings. The van der Waals surface area contributed by atoms with Crippen molar-refractivity contribution >= 4 is 59.5 Å². The van der Waals surface area contributed by atoms with Crippen molar-refractivity contribution in [2.45, 2.75) is 0 Å². The van der Waals surface area contributed by atoms with E-state index in [2.05, 4.69) is 0 Å². The Morgan fingerprint density at radius 3 is 1.20 bits per heavy atom. The first-order valence-corrected chi connectivity index (χ1v) is 3.00. The Hall–Kier alpha value is 0.861. The molecule has 0 aliphatic carbocycles. The molecule has 0 aromatic rings. The molecule has 0 saturated carbocycles. The average molecular weight is 250 g/mol. The summed E-state index contributed by atoms with van der Waals surface area (Å²) in [4.78, 5) is 30.1. The number of hydrogen-bond acceptors (Lipinski definition) is 2. The first-order valence-electron chi connectivity index (χ1n) is 1.43. The third-order valence-corrected chi connectivity index (χ3v) is 0. The minimum atomic E-state index is -4.64. The first-order chi connectivity index (χ1) is 3.73. The van der Waals surface area contributed by atoms with Gasteiger partial charge >= 0.3 is 59.5 Å². The van der Waals surface area contributed by atoms with Crippen molar-refractivity contribution in [2.75, 3.05) is 0 Å². The van der Waals surface area contributed by atoms with Crippen LogP contribution in [0.25, 0.3) is 0 Å². The molecule has 0 bridgehead atoms. The van der Waals surface area contributed by atoms with E-state index in [9.17, 15) is 0 Å². The van der Waals surface area contributed by atoms with Gasteiger partial charge in [0.1, 0.15) is 0 Å². The summed E-state index contributed by atoms with van der Waals surface area (Å²) in [5.74, 6) is 0. The van der Waals surface area contributed by atoms with Crippen LogP contribution in [0.1, 0.15) is 2.85 Å². The fourth-order valence-electron chi connectivity index (χ4n) is 0. The number of hydrogen-bond donors (Lipinski definition) is 5. The smallest absolute Gasteiger partial charge is 1.00 e. The minimum absolute atomic E-state index is 0.